The lowest BCUT2D eigenvalue weighted by Crippen LogP contribution is -2.27. The highest BCUT2D eigenvalue weighted by atomic mass is 35.5. The van der Waals surface area contributed by atoms with E-state index in [1.165, 1.54) is 24.5 Å². The molecule has 2 heterocycles. The average Bonchev–Trinajstić information content (AvgIpc) is 3.18. The normalized spacial score (nSPS) is 12.8. The van der Waals surface area contributed by atoms with Gasteiger partial charge >= 0.3 is 18.3 Å². The van der Waals surface area contributed by atoms with Crippen molar-refractivity contribution in [3.8, 4) is 11.5 Å². The van der Waals surface area contributed by atoms with Crippen LogP contribution in [0.2, 0.25) is 5.02 Å². The molecule has 0 bridgehead atoms. The van der Waals surface area contributed by atoms with E-state index in [-0.39, 0.29) is 29.0 Å². The predicted molar refractivity (Wildman–Crippen MR) is 148 cm³/mol. The lowest BCUT2D eigenvalue weighted by atomic mass is 10.1. The van der Waals surface area contributed by atoms with E-state index < -0.39 is 23.9 Å². The molecular weight excluding hydrogens is 624 g/mol. The fourth-order valence-electron chi connectivity index (χ4n) is 3.57. The van der Waals surface area contributed by atoms with Crippen molar-refractivity contribution in [3.05, 3.63) is 70.5 Å². The summed E-state index contributed by atoms with van der Waals surface area (Å²) in [4.78, 5) is 30.0. The van der Waals surface area contributed by atoms with E-state index in [0.29, 0.717) is 54.4 Å². The molecule has 1 aliphatic rings. The highest BCUT2D eigenvalue weighted by Gasteiger charge is 2.38. The number of carbonyl (C=O) groups excluding carboxylic acids is 1. The number of carboxylic acids is 1. The van der Waals surface area contributed by atoms with E-state index >= 15 is 0 Å². The van der Waals surface area contributed by atoms with E-state index in [1.54, 1.807) is 18.2 Å². The zero-order valence-electron chi connectivity index (χ0n) is 22.4. The van der Waals surface area contributed by atoms with E-state index in [0.717, 1.165) is 12.1 Å². The Morgan fingerprint density at radius 2 is 1.80 bits per heavy atom. The van der Waals surface area contributed by atoms with Crippen LogP contribution in [0.5, 0.6) is 11.5 Å². The number of carboxylic acid groups (broad SMARTS) is 1. The van der Waals surface area contributed by atoms with Crippen molar-refractivity contribution < 1.29 is 50.9 Å². The van der Waals surface area contributed by atoms with Crippen LogP contribution in [-0.4, -0.2) is 57.9 Å². The Hall–Kier alpha value is -4.57. The van der Waals surface area contributed by atoms with Crippen molar-refractivity contribution in [2.45, 2.75) is 25.2 Å². The first-order chi connectivity index (χ1) is 20.7. The highest BCUT2D eigenvalue weighted by molar-refractivity contribution is 6.32. The third kappa shape index (κ3) is 9.74. The summed E-state index contributed by atoms with van der Waals surface area (Å²) in [5, 5.41) is 25.3. The number of fused-ring (bicyclic) bond motifs is 1. The van der Waals surface area contributed by atoms with Gasteiger partial charge in [-0.15, -0.1) is 0 Å². The fraction of sp³-hybridized carbons (Fsp3) is 0.259. The van der Waals surface area contributed by atoms with Gasteiger partial charge in [0.05, 0.1) is 16.1 Å². The maximum Gasteiger partial charge on any atom is 0.490 e. The van der Waals surface area contributed by atoms with Gasteiger partial charge in [0.15, 0.2) is 0 Å². The summed E-state index contributed by atoms with van der Waals surface area (Å²) >= 11 is 6.35. The molecule has 3 aromatic rings. The standard InChI is InChI=1S/C25H23ClF3N5O3.C2HF3O2/c26-20-13-17(5-6-21(20)37-18-4-1-3-16(12-18)25(27,28)29)34-23-19-11-15(24(36)31-8-2-10-35)7-9-30-22(19)32-14-33-23;3-2(4,5)1(6)7/h1,3-6,11-14,35H,2,7-10H2,(H,31,36)(H2,30,32,33,34);(H,6,7). The molecule has 0 radical (unpaired) electrons. The summed E-state index contributed by atoms with van der Waals surface area (Å²) in [6.07, 6.45) is -5.57. The first kappa shape index (κ1) is 33.9. The van der Waals surface area contributed by atoms with Gasteiger partial charge in [0.1, 0.15) is 29.5 Å². The molecule has 1 aliphatic heterocycles. The number of nitrogens with one attached hydrogen (secondary N) is 3. The van der Waals surface area contributed by atoms with Crippen LogP contribution in [0.15, 0.2) is 54.4 Å². The summed E-state index contributed by atoms with van der Waals surface area (Å²) in [5.74, 6) is -1.85. The second-order valence-corrected chi connectivity index (χ2v) is 9.27. The zero-order valence-corrected chi connectivity index (χ0v) is 23.1. The Balaban J connectivity index is 0.000000676. The number of aliphatic carboxylic acids is 1. The molecule has 0 atom stereocenters. The number of amides is 1. The van der Waals surface area contributed by atoms with Crippen LogP contribution in [-0.2, 0) is 15.8 Å². The quantitative estimate of drug-likeness (QED) is 0.146. The fourth-order valence-corrected chi connectivity index (χ4v) is 3.79. The van der Waals surface area contributed by atoms with Crippen LogP contribution in [0.4, 0.5) is 43.7 Å². The molecule has 17 heteroatoms. The molecule has 10 nitrogen and oxygen atoms in total. The maximum atomic E-state index is 13.0. The topological polar surface area (TPSA) is 146 Å². The summed E-state index contributed by atoms with van der Waals surface area (Å²) in [6, 6.07) is 9.24. The van der Waals surface area contributed by atoms with Gasteiger partial charge in [-0.1, -0.05) is 17.7 Å². The number of rotatable bonds is 8. The Morgan fingerprint density at radius 3 is 2.43 bits per heavy atom. The number of aliphatic hydroxyl groups excluding tert-OH is 1. The van der Waals surface area contributed by atoms with Gasteiger partial charge in [-0.3, -0.25) is 4.79 Å². The van der Waals surface area contributed by atoms with Gasteiger partial charge < -0.3 is 30.9 Å². The second kappa shape index (κ2) is 14.7. The van der Waals surface area contributed by atoms with Crippen molar-refractivity contribution in [1.29, 1.82) is 0 Å². The average molecular weight is 648 g/mol. The molecule has 4 rings (SSSR count). The summed E-state index contributed by atoms with van der Waals surface area (Å²) in [6.45, 7) is 0.838. The number of hydrogen-bond acceptors (Lipinski definition) is 8. The summed E-state index contributed by atoms with van der Waals surface area (Å²) in [5.41, 5.74) is 0.818. The van der Waals surface area contributed by atoms with E-state index in [1.807, 2.05) is 0 Å². The molecule has 0 saturated carbocycles. The van der Waals surface area contributed by atoms with Crippen LogP contribution < -0.4 is 20.7 Å². The van der Waals surface area contributed by atoms with Crippen molar-refractivity contribution in [3.63, 3.8) is 0 Å². The number of carbonyl (C=O) groups is 2. The molecule has 0 unspecified atom stereocenters. The van der Waals surface area contributed by atoms with Crippen molar-refractivity contribution in [2.75, 3.05) is 30.3 Å². The summed E-state index contributed by atoms with van der Waals surface area (Å²) in [7, 11) is 0. The Kier molecular flexibility index (Phi) is 11.4. The molecule has 1 amide bonds. The number of alkyl halides is 6. The first-order valence-corrected chi connectivity index (χ1v) is 13.0. The molecule has 0 saturated heterocycles. The zero-order chi connectivity index (χ0) is 32.5. The third-order valence-corrected chi connectivity index (χ3v) is 5.92. The summed E-state index contributed by atoms with van der Waals surface area (Å²) < 4.78 is 76.3. The molecular formula is C27H24ClF6N5O5. The minimum Gasteiger partial charge on any atom is -0.475 e. The number of anilines is 3. The molecule has 236 valence electrons. The van der Waals surface area contributed by atoms with Crippen LogP contribution in [0, 0.1) is 0 Å². The lowest BCUT2D eigenvalue weighted by Gasteiger charge is -2.14. The number of ether oxygens (including phenoxy) is 1. The van der Waals surface area contributed by atoms with Crippen molar-refractivity contribution in [1.82, 2.24) is 15.3 Å². The first-order valence-electron chi connectivity index (χ1n) is 12.6. The number of aromatic nitrogens is 2. The van der Waals surface area contributed by atoms with Gasteiger partial charge in [-0.2, -0.15) is 26.3 Å². The van der Waals surface area contributed by atoms with Gasteiger partial charge in [0, 0.05) is 31.0 Å². The van der Waals surface area contributed by atoms with Crippen molar-refractivity contribution >= 4 is 46.9 Å². The van der Waals surface area contributed by atoms with Gasteiger partial charge in [-0.25, -0.2) is 14.8 Å². The smallest absolute Gasteiger partial charge is 0.475 e. The molecule has 0 aliphatic carbocycles. The van der Waals surface area contributed by atoms with Gasteiger partial charge in [0.25, 0.3) is 0 Å². The third-order valence-electron chi connectivity index (χ3n) is 5.63. The minimum atomic E-state index is -5.08. The highest BCUT2D eigenvalue weighted by Crippen LogP contribution is 2.36. The molecule has 1 aromatic heterocycles. The Morgan fingerprint density at radius 1 is 1.07 bits per heavy atom. The molecule has 44 heavy (non-hydrogen) atoms. The Bertz CT molecular complexity index is 1520. The SMILES string of the molecule is O=C(NCCCO)C1=Cc2c(ncnc2Nc2ccc(Oc3cccc(C(F)(F)F)c3)c(Cl)c2)NCC1.O=C(O)C(F)(F)F. The maximum absolute atomic E-state index is 13.0. The van der Waals surface area contributed by atoms with E-state index in [9.17, 15) is 31.1 Å². The molecule has 0 spiro atoms. The number of benzene rings is 2. The number of aliphatic hydroxyl groups is 1. The van der Waals surface area contributed by atoms with Gasteiger partial charge in [-0.05, 0) is 55.3 Å². The molecule has 5 N–H and O–H groups in total. The second-order valence-electron chi connectivity index (χ2n) is 8.86. The van der Waals surface area contributed by atoms with E-state index in [4.69, 9.17) is 31.3 Å². The van der Waals surface area contributed by atoms with E-state index in [2.05, 4.69) is 25.9 Å². The monoisotopic (exact) mass is 647 g/mol. The van der Waals surface area contributed by atoms with Crippen LogP contribution >= 0.6 is 11.6 Å². The lowest BCUT2D eigenvalue weighted by molar-refractivity contribution is -0.192. The van der Waals surface area contributed by atoms with Crippen molar-refractivity contribution in [2.24, 2.45) is 0 Å². The van der Waals surface area contributed by atoms with Crippen LogP contribution in [0.3, 0.4) is 0 Å². The molecule has 2 aromatic carbocycles. The molecule has 0 fully saturated rings. The number of nitrogens with zero attached hydrogens (tertiary/aromatic N) is 2. The Labute approximate surface area is 250 Å². The largest absolute Gasteiger partial charge is 0.490 e. The number of halogens is 7. The van der Waals surface area contributed by atoms with Crippen LogP contribution in [0.1, 0.15) is 24.0 Å². The minimum absolute atomic E-state index is 0.000407. The predicted octanol–water partition coefficient (Wildman–Crippen LogP) is 6.02. The number of hydrogen-bond donors (Lipinski definition) is 5. The van der Waals surface area contributed by atoms with Gasteiger partial charge in [0.2, 0.25) is 5.91 Å². The van der Waals surface area contributed by atoms with Crippen LogP contribution in [0.25, 0.3) is 6.08 Å².